The van der Waals surface area contributed by atoms with Gasteiger partial charge in [0.25, 0.3) is 5.92 Å². The fraction of sp³-hybridized carbons (Fsp3) is 0.917. The van der Waals surface area contributed by atoms with E-state index in [1.54, 1.807) is 6.92 Å². The second-order valence-corrected chi connectivity index (χ2v) is 8.69. The first-order valence-electron chi connectivity index (χ1n) is 6.43. The Balaban J connectivity index is 1.78. The molecule has 0 aromatic rings. The summed E-state index contributed by atoms with van der Waals surface area (Å²) in [5.41, 5.74) is -0.994. The standard InChI is InChI=1S/C12H17F2NO3S/c1-10-5-6-15(7-8(10)12(10,13)14)9(16)11(3-4-11)19(2,17)18/h8H,3-7H2,1-2H3. The predicted octanol–water partition coefficient (Wildman–Crippen LogP) is 1.07. The number of hydrogen-bond acceptors (Lipinski definition) is 3. The number of sulfone groups is 1. The van der Waals surface area contributed by atoms with Gasteiger partial charge in [0.15, 0.2) is 14.6 Å². The lowest BCUT2D eigenvalue weighted by Gasteiger charge is -2.31. The van der Waals surface area contributed by atoms with Gasteiger partial charge in [-0.25, -0.2) is 17.2 Å². The van der Waals surface area contributed by atoms with Crippen LogP contribution in [0.3, 0.4) is 0 Å². The van der Waals surface area contributed by atoms with Gasteiger partial charge in [0, 0.05) is 24.8 Å². The fourth-order valence-corrected chi connectivity index (χ4v) is 4.63. The van der Waals surface area contributed by atoms with Crippen molar-refractivity contribution in [3.05, 3.63) is 0 Å². The van der Waals surface area contributed by atoms with E-state index in [4.69, 9.17) is 0 Å². The molecule has 3 rings (SSSR count). The van der Waals surface area contributed by atoms with Crippen molar-refractivity contribution in [1.82, 2.24) is 4.90 Å². The van der Waals surface area contributed by atoms with Crippen molar-refractivity contribution in [3.8, 4) is 0 Å². The predicted molar refractivity (Wildman–Crippen MR) is 64.5 cm³/mol. The van der Waals surface area contributed by atoms with Gasteiger partial charge in [0.2, 0.25) is 5.91 Å². The van der Waals surface area contributed by atoms with Crippen LogP contribution in [-0.4, -0.2) is 49.2 Å². The summed E-state index contributed by atoms with van der Waals surface area (Å²) >= 11 is 0. The highest BCUT2D eigenvalue weighted by molar-refractivity contribution is 7.93. The molecule has 0 radical (unpaired) electrons. The van der Waals surface area contributed by atoms with Crippen LogP contribution in [-0.2, 0) is 14.6 Å². The molecule has 1 saturated heterocycles. The summed E-state index contributed by atoms with van der Waals surface area (Å²) in [5, 5.41) is 0. The molecule has 0 aromatic heterocycles. The third-order valence-electron chi connectivity index (χ3n) is 5.28. The highest BCUT2D eigenvalue weighted by Crippen LogP contribution is 2.69. The Morgan fingerprint density at radius 1 is 1.26 bits per heavy atom. The summed E-state index contributed by atoms with van der Waals surface area (Å²) < 4.78 is 49.3. The smallest absolute Gasteiger partial charge is 0.259 e. The quantitative estimate of drug-likeness (QED) is 0.765. The number of carbonyl (C=O) groups is 1. The van der Waals surface area contributed by atoms with E-state index in [0.29, 0.717) is 12.8 Å². The van der Waals surface area contributed by atoms with Crippen LogP contribution >= 0.6 is 0 Å². The number of fused-ring (bicyclic) bond motifs is 1. The number of likely N-dealkylation sites (tertiary alicyclic amines) is 1. The third kappa shape index (κ3) is 1.48. The van der Waals surface area contributed by atoms with Crippen LogP contribution in [0.5, 0.6) is 0 Å². The second kappa shape index (κ2) is 3.30. The van der Waals surface area contributed by atoms with Gasteiger partial charge < -0.3 is 4.90 Å². The molecule has 2 saturated carbocycles. The van der Waals surface area contributed by atoms with Crippen LogP contribution in [0.1, 0.15) is 26.2 Å². The van der Waals surface area contributed by atoms with Gasteiger partial charge in [-0.2, -0.15) is 0 Å². The Bertz CT molecular complexity index is 555. The van der Waals surface area contributed by atoms with Gasteiger partial charge >= 0.3 is 0 Å². The molecule has 0 bridgehead atoms. The van der Waals surface area contributed by atoms with E-state index in [1.807, 2.05) is 0 Å². The summed E-state index contributed by atoms with van der Waals surface area (Å²) in [4.78, 5) is 13.6. The normalized spacial score (nSPS) is 38.5. The van der Waals surface area contributed by atoms with Crippen LogP contribution in [0.15, 0.2) is 0 Å². The summed E-state index contributed by atoms with van der Waals surface area (Å²) in [5.74, 6) is -4.00. The molecule has 2 aliphatic carbocycles. The van der Waals surface area contributed by atoms with Crippen molar-refractivity contribution in [2.24, 2.45) is 11.3 Å². The number of piperidine rings is 1. The first-order chi connectivity index (χ1) is 8.56. The first kappa shape index (κ1) is 13.3. The molecule has 2 unspecified atom stereocenters. The Hall–Kier alpha value is -0.720. The van der Waals surface area contributed by atoms with Crippen LogP contribution in [0.4, 0.5) is 8.78 Å². The molecule has 0 spiro atoms. The van der Waals surface area contributed by atoms with E-state index >= 15 is 0 Å². The number of amides is 1. The van der Waals surface area contributed by atoms with E-state index in [-0.39, 0.29) is 19.5 Å². The number of hydrogen-bond donors (Lipinski definition) is 0. The number of rotatable bonds is 2. The monoisotopic (exact) mass is 293 g/mol. The first-order valence-corrected chi connectivity index (χ1v) is 8.32. The summed E-state index contributed by atoms with van der Waals surface area (Å²) in [6, 6.07) is 0. The zero-order valence-electron chi connectivity index (χ0n) is 10.9. The topological polar surface area (TPSA) is 54.5 Å². The molecule has 19 heavy (non-hydrogen) atoms. The molecule has 0 aromatic carbocycles. The maximum absolute atomic E-state index is 13.6. The Morgan fingerprint density at radius 2 is 1.84 bits per heavy atom. The van der Waals surface area contributed by atoms with Gasteiger partial charge in [-0.3, -0.25) is 4.79 Å². The van der Waals surface area contributed by atoms with Gasteiger partial charge in [0.1, 0.15) is 0 Å². The van der Waals surface area contributed by atoms with Crippen molar-refractivity contribution in [2.75, 3.05) is 19.3 Å². The van der Waals surface area contributed by atoms with Crippen LogP contribution in [0.2, 0.25) is 0 Å². The summed E-state index contributed by atoms with van der Waals surface area (Å²) in [6.45, 7) is 1.77. The van der Waals surface area contributed by atoms with E-state index in [9.17, 15) is 22.0 Å². The fourth-order valence-electron chi connectivity index (χ4n) is 3.34. The Morgan fingerprint density at radius 3 is 2.26 bits per heavy atom. The van der Waals surface area contributed by atoms with Gasteiger partial charge in [-0.05, 0) is 19.3 Å². The third-order valence-corrected chi connectivity index (χ3v) is 7.28. The van der Waals surface area contributed by atoms with Gasteiger partial charge in [-0.15, -0.1) is 0 Å². The molecule has 2 atom stereocenters. The van der Waals surface area contributed by atoms with Crippen LogP contribution < -0.4 is 0 Å². The van der Waals surface area contributed by atoms with E-state index in [1.165, 1.54) is 4.90 Å². The van der Waals surface area contributed by atoms with Gasteiger partial charge in [-0.1, -0.05) is 6.92 Å². The molecular formula is C12H17F2NO3S. The molecule has 3 aliphatic rings. The number of alkyl halides is 2. The second-order valence-electron chi connectivity index (χ2n) is 6.36. The van der Waals surface area contributed by atoms with Crippen molar-refractivity contribution >= 4 is 15.7 Å². The van der Waals surface area contributed by atoms with E-state index in [2.05, 4.69) is 0 Å². The molecule has 1 aliphatic heterocycles. The molecule has 3 fully saturated rings. The average Bonchev–Trinajstić information content (AvgIpc) is 3.15. The lowest BCUT2D eigenvalue weighted by atomic mass is 9.97. The Kier molecular flexibility index (Phi) is 2.30. The lowest BCUT2D eigenvalue weighted by molar-refractivity contribution is -0.132. The summed E-state index contributed by atoms with van der Waals surface area (Å²) in [6.07, 6.45) is 1.94. The maximum Gasteiger partial charge on any atom is 0.259 e. The minimum atomic E-state index is -3.47. The highest BCUT2D eigenvalue weighted by atomic mass is 32.2. The zero-order valence-corrected chi connectivity index (χ0v) is 11.8. The van der Waals surface area contributed by atoms with Crippen molar-refractivity contribution in [2.45, 2.75) is 36.9 Å². The molecule has 7 heteroatoms. The van der Waals surface area contributed by atoms with Gasteiger partial charge in [0.05, 0.1) is 5.92 Å². The van der Waals surface area contributed by atoms with Crippen molar-refractivity contribution < 1.29 is 22.0 Å². The lowest BCUT2D eigenvalue weighted by Crippen LogP contribution is -2.48. The van der Waals surface area contributed by atoms with Crippen molar-refractivity contribution in [1.29, 1.82) is 0 Å². The molecule has 108 valence electrons. The molecular weight excluding hydrogens is 276 g/mol. The number of carbonyl (C=O) groups excluding carboxylic acids is 1. The number of nitrogens with zero attached hydrogens (tertiary/aromatic N) is 1. The molecule has 4 nitrogen and oxygen atoms in total. The average molecular weight is 293 g/mol. The minimum absolute atomic E-state index is 0.0143. The maximum atomic E-state index is 13.6. The molecule has 1 heterocycles. The SMILES string of the molecule is CC12CCN(C(=O)C3(S(C)(=O)=O)CC3)CC1C2(F)F. The largest absolute Gasteiger partial charge is 0.341 e. The van der Waals surface area contributed by atoms with Crippen LogP contribution in [0, 0.1) is 11.3 Å². The van der Waals surface area contributed by atoms with E-state index < -0.39 is 37.7 Å². The highest BCUT2D eigenvalue weighted by Gasteiger charge is 2.79. The van der Waals surface area contributed by atoms with Crippen LogP contribution in [0.25, 0.3) is 0 Å². The number of halogens is 2. The van der Waals surface area contributed by atoms with E-state index in [0.717, 1.165) is 6.26 Å². The zero-order chi connectivity index (χ0) is 14.3. The summed E-state index contributed by atoms with van der Waals surface area (Å²) in [7, 11) is -3.47. The van der Waals surface area contributed by atoms with Crippen molar-refractivity contribution in [3.63, 3.8) is 0 Å². The minimum Gasteiger partial charge on any atom is -0.341 e. The Labute approximate surface area is 111 Å². The molecule has 1 amide bonds. The molecule has 0 N–H and O–H groups in total.